The number of nitrogens with two attached hydrogens (primary N) is 1. The summed E-state index contributed by atoms with van der Waals surface area (Å²) >= 11 is 0. The van der Waals surface area contributed by atoms with Gasteiger partial charge in [0.05, 0.1) is 13.1 Å². The fourth-order valence-electron chi connectivity index (χ4n) is 2.72. The van der Waals surface area contributed by atoms with Crippen molar-refractivity contribution < 1.29 is 9.59 Å². The highest BCUT2D eigenvalue weighted by Gasteiger charge is 2.12. The van der Waals surface area contributed by atoms with E-state index >= 15 is 0 Å². The first-order valence-electron chi connectivity index (χ1n) is 8.29. The van der Waals surface area contributed by atoms with Gasteiger partial charge in [-0.1, -0.05) is 19.3 Å². The molecule has 1 aliphatic rings. The Hall–Kier alpha value is -1.92. The van der Waals surface area contributed by atoms with Crippen LogP contribution in [0.3, 0.4) is 0 Å². The van der Waals surface area contributed by atoms with Gasteiger partial charge in [-0.15, -0.1) is 0 Å². The predicted molar refractivity (Wildman–Crippen MR) is 92.3 cm³/mol. The monoisotopic (exact) mass is 318 g/mol. The lowest BCUT2D eigenvalue weighted by Gasteiger charge is -2.23. The number of nitrogens with one attached hydrogen (secondary N) is 2. The lowest BCUT2D eigenvalue weighted by atomic mass is 10.1. The second-order valence-electron chi connectivity index (χ2n) is 5.92. The molecule has 0 atom stereocenters. The van der Waals surface area contributed by atoms with Gasteiger partial charge in [0.1, 0.15) is 0 Å². The van der Waals surface area contributed by atoms with E-state index in [1.165, 1.54) is 32.1 Å². The number of carbonyl (C=O) groups excluding carboxylic acids is 2. The van der Waals surface area contributed by atoms with Crippen molar-refractivity contribution in [1.82, 2.24) is 4.90 Å². The van der Waals surface area contributed by atoms with Gasteiger partial charge in [-0.3, -0.25) is 14.5 Å². The van der Waals surface area contributed by atoms with Crippen molar-refractivity contribution in [3.8, 4) is 0 Å². The number of rotatable bonds is 5. The Bertz CT molecular complexity index is 508. The third-order valence-electron chi connectivity index (χ3n) is 3.95. The van der Waals surface area contributed by atoms with Crippen molar-refractivity contribution in [3.63, 3.8) is 0 Å². The highest BCUT2D eigenvalue weighted by molar-refractivity contribution is 5.94. The molecule has 1 heterocycles. The molecule has 126 valence electrons. The van der Waals surface area contributed by atoms with E-state index in [1.54, 1.807) is 24.3 Å². The van der Waals surface area contributed by atoms with Crippen LogP contribution in [0.5, 0.6) is 0 Å². The number of hydrogen-bond acceptors (Lipinski definition) is 4. The summed E-state index contributed by atoms with van der Waals surface area (Å²) in [5.74, 6) is -0.233. The Morgan fingerprint density at radius 3 is 1.87 bits per heavy atom. The number of amides is 2. The van der Waals surface area contributed by atoms with Gasteiger partial charge >= 0.3 is 0 Å². The van der Waals surface area contributed by atoms with Gasteiger partial charge < -0.3 is 16.4 Å². The molecule has 1 saturated heterocycles. The molecule has 0 unspecified atom stereocenters. The molecule has 1 fully saturated rings. The minimum atomic E-state index is -0.237. The van der Waals surface area contributed by atoms with E-state index in [0.717, 1.165) is 18.8 Å². The SMILES string of the molecule is NCC(=O)Nc1ccc(NC(=O)CN2CCCCCCC2)cc1. The van der Waals surface area contributed by atoms with Crippen LogP contribution >= 0.6 is 0 Å². The van der Waals surface area contributed by atoms with Crippen molar-refractivity contribution >= 4 is 23.2 Å². The van der Waals surface area contributed by atoms with E-state index in [9.17, 15) is 9.59 Å². The van der Waals surface area contributed by atoms with Gasteiger partial charge in [0, 0.05) is 11.4 Å². The quantitative estimate of drug-likeness (QED) is 0.772. The summed E-state index contributed by atoms with van der Waals surface area (Å²) in [6.07, 6.45) is 6.17. The van der Waals surface area contributed by atoms with E-state index < -0.39 is 0 Å². The van der Waals surface area contributed by atoms with Gasteiger partial charge in [0.25, 0.3) is 0 Å². The van der Waals surface area contributed by atoms with Crippen LogP contribution in [0.2, 0.25) is 0 Å². The zero-order valence-corrected chi connectivity index (χ0v) is 13.5. The normalized spacial score (nSPS) is 16.2. The molecule has 0 aromatic heterocycles. The van der Waals surface area contributed by atoms with Crippen molar-refractivity contribution in [2.45, 2.75) is 32.1 Å². The average molecular weight is 318 g/mol. The highest BCUT2D eigenvalue weighted by atomic mass is 16.2. The third-order valence-corrected chi connectivity index (χ3v) is 3.95. The van der Waals surface area contributed by atoms with Crippen LogP contribution in [0.15, 0.2) is 24.3 Å². The summed E-state index contributed by atoms with van der Waals surface area (Å²) in [6.45, 7) is 2.38. The number of carbonyl (C=O) groups is 2. The topological polar surface area (TPSA) is 87.5 Å². The van der Waals surface area contributed by atoms with Crippen LogP contribution in [0.4, 0.5) is 11.4 Å². The summed E-state index contributed by atoms with van der Waals surface area (Å²) in [4.78, 5) is 25.6. The van der Waals surface area contributed by atoms with E-state index in [2.05, 4.69) is 15.5 Å². The molecule has 0 aliphatic carbocycles. The minimum absolute atomic E-state index is 0.00400. The smallest absolute Gasteiger partial charge is 0.238 e. The first kappa shape index (κ1) is 17.4. The molecule has 0 radical (unpaired) electrons. The number of benzene rings is 1. The molecular formula is C17H26N4O2. The molecule has 6 nitrogen and oxygen atoms in total. The van der Waals surface area contributed by atoms with Gasteiger partial charge in [-0.25, -0.2) is 0 Å². The zero-order valence-electron chi connectivity index (χ0n) is 13.5. The Labute approximate surface area is 137 Å². The molecule has 1 aromatic carbocycles. The second-order valence-corrected chi connectivity index (χ2v) is 5.92. The third kappa shape index (κ3) is 6.38. The predicted octanol–water partition coefficient (Wildman–Crippen LogP) is 1.79. The lowest BCUT2D eigenvalue weighted by Crippen LogP contribution is -2.35. The van der Waals surface area contributed by atoms with Crippen LogP contribution in [0.25, 0.3) is 0 Å². The lowest BCUT2D eigenvalue weighted by molar-refractivity contribution is -0.117. The van der Waals surface area contributed by atoms with Crippen LogP contribution in [-0.2, 0) is 9.59 Å². The molecule has 6 heteroatoms. The maximum atomic E-state index is 12.1. The number of hydrogen-bond donors (Lipinski definition) is 3. The van der Waals surface area contributed by atoms with E-state index in [1.807, 2.05) is 0 Å². The molecule has 1 aliphatic heterocycles. The van der Waals surface area contributed by atoms with Crippen molar-refractivity contribution in [3.05, 3.63) is 24.3 Å². The first-order chi connectivity index (χ1) is 11.2. The fourth-order valence-corrected chi connectivity index (χ4v) is 2.72. The zero-order chi connectivity index (χ0) is 16.5. The molecular weight excluding hydrogens is 292 g/mol. The standard InChI is InChI=1S/C17H26N4O2/c18-12-16(22)19-14-6-8-15(9-7-14)20-17(23)13-21-10-4-2-1-3-5-11-21/h6-9H,1-5,10-13,18H2,(H,19,22)(H,20,23). The molecule has 2 amide bonds. The van der Waals surface area contributed by atoms with Crippen molar-refractivity contribution in [1.29, 1.82) is 0 Å². The van der Waals surface area contributed by atoms with Crippen LogP contribution in [-0.4, -0.2) is 42.9 Å². The molecule has 23 heavy (non-hydrogen) atoms. The van der Waals surface area contributed by atoms with E-state index in [4.69, 9.17) is 5.73 Å². The molecule has 0 bridgehead atoms. The molecule has 1 aromatic rings. The molecule has 0 saturated carbocycles. The Morgan fingerprint density at radius 2 is 1.35 bits per heavy atom. The van der Waals surface area contributed by atoms with Crippen molar-refractivity contribution in [2.75, 3.05) is 36.8 Å². The molecule has 2 rings (SSSR count). The van der Waals surface area contributed by atoms with E-state index in [0.29, 0.717) is 12.2 Å². The van der Waals surface area contributed by atoms with Crippen LogP contribution in [0.1, 0.15) is 32.1 Å². The summed E-state index contributed by atoms with van der Waals surface area (Å²) in [5, 5.41) is 5.57. The molecule has 4 N–H and O–H groups in total. The van der Waals surface area contributed by atoms with Crippen LogP contribution < -0.4 is 16.4 Å². The Kier molecular flexibility index (Phi) is 7.03. The first-order valence-corrected chi connectivity index (χ1v) is 8.29. The summed E-state index contributed by atoms with van der Waals surface area (Å²) in [7, 11) is 0. The molecule has 0 spiro atoms. The van der Waals surface area contributed by atoms with Gasteiger partial charge in [-0.2, -0.15) is 0 Å². The summed E-state index contributed by atoms with van der Waals surface area (Å²) in [6, 6.07) is 7.05. The second kappa shape index (κ2) is 9.27. The van der Waals surface area contributed by atoms with Crippen molar-refractivity contribution in [2.24, 2.45) is 5.73 Å². The number of nitrogens with zero attached hydrogens (tertiary/aromatic N) is 1. The number of anilines is 2. The summed E-state index contributed by atoms with van der Waals surface area (Å²) in [5.41, 5.74) is 6.65. The van der Waals surface area contributed by atoms with Gasteiger partial charge in [-0.05, 0) is 50.2 Å². The Balaban J connectivity index is 1.81. The largest absolute Gasteiger partial charge is 0.325 e. The fraction of sp³-hybridized carbons (Fsp3) is 0.529. The van der Waals surface area contributed by atoms with Gasteiger partial charge in [0.15, 0.2) is 0 Å². The minimum Gasteiger partial charge on any atom is -0.325 e. The van der Waals surface area contributed by atoms with E-state index in [-0.39, 0.29) is 18.4 Å². The average Bonchev–Trinajstić information content (AvgIpc) is 2.51. The maximum Gasteiger partial charge on any atom is 0.238 e. The van der Waals surface area contributed by atoms with Gasteiger partial charge in [0.2, 0.25) is 11.8 Å². The highest BCUT2D eigenvalue weighted by Crippen LogP contribution is 2.14. The van der Waals surface area contributed by atoms with Crippen LogP contribution in [0, 0.1) is 0 Å². The maximum absolute atomic E-state index is 12.1. The summed E-state index contributed by atoms with van der Waals surface area (Å²) < 4.78 is 0. The number of likely N-dealkylation sites (tertiary alicyclic amines) is 1. The Morgan fingerprint density at radius 1 is 0.870 bits per heavy atom.